The van der Waals surface area contributed by atoms with Crippen LogP contribution in [-0.2, 0) is 17.6 Å². The topological polar surface area (TPSA) is 65.5 Å². The summed E-state index contributed by atoms with van der Waals surface area (Å²) in [6, 6.07) is 20.0. The quantitative estimate of drug-likeness (QED) is 0.590. The molecule has 1 fully saturated rings. The van der Waals surface area contributed by atoms with Gasteiger partial charge in [0.05, 0.1) is 12.5 Å². The van der Waals surface area contributed by atoms with E-state index in [1.807, 2.05) is 78.9 Å². The molecule has 35 heavy (non-hydrogen) atoms. The summed E-state index contributed by atoms with van der Waals surface area (Å²) < 4.78 is 0. The third kappa shape index (κ3) is 5.21. The maximum atomic E-state index is 13.4. The Kier molecular flexibility index (Phi) is 6.80. The van der Waals surface area contributed by atoms with Crippen LogP contribution in [0.4, 0.5) is 5.69 Å². The number of carbonyl (C=O) groups excluding carboxylic acids is 2. The number of aromatic nitrogens is 1. The van der Waals surface area contributed by atoms with Crippen molar-refractivity contribution >= 4 is 17.5 Å². The van der Waals surface area contributed by atoms with Crippen LogP contribution < -0.4 is 10.2 Å². The summed E-state index contributed by atoms with van der Waals surface area (Å²) in [5, 5.41) is 3.19. The second kappa shape index (κ2) is 10.3. The number of rotatable bonds is 6. The predicted molar refractivity (Wildman–Crippen MR) is 137 cm³/mol. The number of hydrogen-bond donors (Lipinski definition) is 1. The molecular weight excluding hydrogens is 436 g/mol. The van der Waals surface area contributed by atoms with E-state index in [1.165, 1.54) is 11.3 Å². The molecule has 0 spiro atoms. The Morgan fingerprint density at radius 1 is 1.00 bits per heavy atom. The van der Waals surface area contributed by atoms with Crippen molar-refractivity contribution in [2.45, 2.75) is 44.2 Å². The van der Waals surface area contributed by atoms with Crippen LogP contribution in [0.3, 0.4) is 0 Å². The first kappa shape index (κ1) is 23.1. The third-order valence-corrected chi connectivity index (χ3v) is 7.37. The van der Waals surface area contributed by atoms with Gasteiger partial charge in [-0.2, -0.15) is 0 Å². The Labute approximate surface area is 207 Å². The fourth-order valence-corrected chi connectivity index (χ4v) is 5.35. The van der Waals surface area contributed by atoms with E-state index < -0.39 is 0 Å². The van der Waals surface area contributed by atoms with Crippen molar-refractivity contribution in [3.8, 4) is 0 Å². The average Bonchev–Trinajstić information content (AvgIpc) is 3.30. The van der Waals surface area contributed by atoms with E-state index in [9.17, 15) is 9.59 Å². The zero-order valence-corrected chi connectivity index (χ0v) is 20.2. The Balaban J connectivity index is 1.21. The van der Waals surface area contributed by atoms with Crippen LogP contribution in [0.5, 0.6) is 0 Å². The maximum absolute atomic E-state index is 13.4. The largest absolute Gasteiger partial charge is 0.371 e. The Hall–Kier alpha value is -3.67. The van der Waals surface area contributed by atoms with Crippen molar-refractivity contribution in [2.75, 3.05) is 25.0 Å². The summed E-state index contributed by atoms with van der Waals surface area (Å²) in [5.41, 5.74) is 5.19. The van der Waals surface area contributed by atoms with E-state index in [2.05, 4.69) is 21.3 Å². The standard InChI is InChI=1S/C29H32N4O2/c1-32(24-13-17-33(18-14-24)25-11-15-30-16-12-25)29(35)23-8-7-22-9-10-27(26(22)20-23)31-28(34)19-21-5-3-2-4-6-21/h2-8,11-12,15-16,20,24,27H,9-10,13-14,17-19H2,1H3,(H,31,34). The number of amides is 2. The molecule has 1 atom stereocenters. The minimum absolute atomic E-state index is 0.0175. The van der Waals surface area contributed by atoms with Crippen LogP contribution in [0.1, 0.15) is 52.4 Å². The van der Waals surface area contributed by atoms with Gasteiger partial charge >= 0.3 is 0 Å². The number of carbonyl (C=O) groups is 2. The number of aryl methyl sites for hydroxylation is 1. The molecule has 3 aromatic rings. The number of pyridine rings is 1. The number of anilines is 1. The van der Waals surface area contributed by atoms with Crippen LogP contribution >= 0.6 is 0 Å². The SMILES string of the molecule is CN(C(=O)c1ccc2c(c1)C(NC(=O)Cc1ccccc1)CC2)C1CCN(c2ccncc2)CC1. The predicted octanol–water partition coefficient (Wildman–Crippen LogP) is 4.17. The molecule has 1 unspecified atom stereocenters. The normalized spacial score (nSPS) is 17.6. The minimum Gasteiger partial charge on any atom is -0.371 e. The lowest BCUT2D eigenvalue weighted by Gasteiger charge is -2.38. The molecule has 2 amide bonds. The van der Waals surface area contributed by atoms with Gasteiger partial charge in [0.1, 0.15) is 0 Å². The van der Waals surface area contributed by atoms with Gasteiger partial charge in [-0.1, -0.05) is 36.4 Å². The van der Waals surface area contributed by atoms with Crippen LogP contribution in [0.25, 0.3) is 0 Å². The molecule has 1 aromatic heterocycles. The number of nitrogens with one attached hydrogen (secondary N) is 1. The third-order valence-electron chi connectivity index (χ3n) is 7.37. The fourth-order valence-electron chi connectivity index (χ4n) is 5.35. The summed E-state index contributed by atoms with van der Waals surface area (Å²) in [6.45, 7) is 1.85. The molecule has 1 N–H and O–H groups in total. The van der Waals surface area contributed by atoms with E-state index in [4.69, 9.17) is 0 Å². The number of nitrogens with zero attached hydrogens (tertiary/aromatic N) is 3. The van der Waals surface area contributed by atoms with Gasteiger partial charge in [0, 0.05) is 49.8 Å². The van der Waals surface area contributed by atoms with E-state index in [0.29, 0.717) is 12.0 Å². The molecule has 180 valence electrons. The fraction of sp³-hybridized carbons (Fsp3) is 0.345. The van der Waals surface area contributed by atoms with Crippen molar-refractivity contribution in [1.82, 2.24) is 15.2 Å². The van der Waals surface area contributed by atoms with Gasteiger partial charge in [-0.05, 0) is 66.6 Å². The molecule has 5 rings (SSSR count). The van der Waals surface area contributed by atoms with E-state index in [-0.39, 0.29) is 23.9 Å². The second-order valence-electron chi connectivity index (χ2n) is 9.57. The first-order chi connectivity index (χ1) is 17.1. The van der Waals surface area contributed by atoms with Crippen LogP contribution in [0, 0.1) is 0 Å². The molecule has 2 heterocycles. The molecule has 0 radical (unpaired) electrons. The highest BCUT2D eigenvalue weighted by Gasteiger charge is 2.29. The zero-order chi connectivity index (χ0) is 24.2. The molecule has 1 aliphatic heterocycles. The molecule has 6 nitrogen and oxygen atoms in total. The highest BCUT2D eigenvalue weighted by Crippen LogP contribution is 2.32. The minimum atomic E-state index is -0.0390. The van der Waals surface area contributed by atoms with Gasteiger partial charge in [-0.3, -0.25) is 14.6 Å². The van der Waals surface area contributed by atoms with E-state index >= 15 is 0 Å². The van der Waals surface area contributed by atoms with Crippen LogP contribution in [0.2, 0.25) is 0 Å². The number of fused-ring (bicyclic) bond motifs is 1. The maximum Gasteiger partial charge on any atom is 0.253 e. The smallest absolute Gasteiger partial charge is 0.253 e. The lowest BCUT2D eigenvalue weighted by molar-refractivity contribution is -0.121. The summed E-state index contributed by atoms with van der Waals surface area (Å²) in [7, 11) is 1.92. The summed E-state index contributed by atoms with van der Waals surface area (Å²) in [6.07, 6.45) is 7.68. The van der Waals surface area contributed by atoms with Gasteiger partial charge in [0.2, 0.25) is 5.91 Å². The highest BCUT2D eigenvalue weighted by atomic mass is 16.2. The Bertz CT molecular complexity index is 1170. The first-order valence-electron chi connectivity index (χ1n) is 12.5. The number of hydrogen-bond acceptors (Lipinski definition) is 4. The lowest BCUT2D eigenvalue weighted by Crippen LogP contribution is -2.45. The summed E-state index contributed by atoms with van der Waals surface area (Å²) in [5.74, 6) is 0.0697. The molecule has 1 saturated heterocycles. The van der Waals surface area contributed by atoms with E-state index in [1.54, 1.807) is 0 Å². The average molecular weight is 469 g/mol. The van der Waals surface area contributed by atoms with E-state index in [0.717, 1.165) is 49.9 Å². The molecule has 6 heteroatoms. The van der Waals surface area contributed by atoms with Gasteiger partial charge < -0.3 is 15.1 Å². The molecule has 1 aliphatic carbocycles. The number of benzene rings is 2. The molecule has 0 bridgehead atoms. The van der Waals surface area contributed by atoms with Crippen molar-refractivity contribution in [2.24, 2.45) is 0 Å². The zero-order valence-electron chi connectivity index (χ0n) is 20.2. The van der Waals surface area contributed by atoms with Crippen molar-refractivity contribution < 1.29 is 9.59 Å². The van der Waals surface area contributed by atoms with Gasteiger partial charge in [0.15, 0.2) is 0 Å². The first-order valence-corrected chi connectivity index (χ1v) is 12.5. The van der Waals surface area contributed by atoms with Gasteiger partial charge in [-0.25, -0.2) is 0 Å². The van der Waals surface area contributed by atoms with Crippen LogP contribution in [-0.4, -0.2) is 47.9 Å². The molecule has 0 saturated carbocycles. The van der Waals surface area contributed by atoms with Crippen molar-refractivity contribution in [1.29, 1.82) is 0 Å². The van der Waals surface area contributed by atoms with Gasteiger partial charge in [-0.15, -0.1) is 0 Å². The monoisotopic (exact) mass is 468 g/mol. The molecule has 2 aromatic carbocycles. The van der Waals surface area contributed by atoms with Crippen molar-refractivity contribution in [3.63, 3.8) is 0 Å². The molecular formula is C29H32N4O2. The van der Waals surface area contributed by atoms with Crippen LogP contribution in [0.15, 0.2) is 73.1 Å². The van der Waals surface area contributed by atoms with Crippen molar-refractivity contribution in [3.05, 3.63) is 95.3 Å². The Morgan fingerprint density at radius 2 is 1.74 bits per heavy atom. The highest BCUT2D eigenvalue weighted by molar-refractivity contribution is 5.94. The van der Waals surface area contributed by atoms with Gasteiger partial charge in [0.25, 0.3) is 5.91 Å². The lowest BCUT2D eigenvalue weighted by atomic mass is 10.00. The summed E-state index contributed by atoms with van der Waals surface area (Å²) >= 11 is 0. The molecule has 2 aliphatic rings. The summed E-state index contributed by atoms with van der Waals surface area (Å²) in [4.78, 5) is 34.4. The number of piperidine rings is 1. The Morgan fingerprint density at radius 3 is 2.49 bits per heavy atom. The second-order valence-corrected chi connectivity index (χ2v) is 9.57.